The first-order valence-electron chi connectivity index (χ1n) is 5.28. The fourth-order valence-electron chi connectivity index (χ4n) is 1.53. The fourth-order valence-corrected chi connectivity index (χ4v) is 1.53. The Morgan fingerprint density at radius 1 is 1.50 bits per heavy atom. The molecule has 0 unspecified atom stereocenters. The Labute approximate surface area is 86.9 Å². The average Bonchev–Trinajstić information content (AvgIpc) is 2.26. The van der Waals surface area contributed by atoms with E-state index in [2.05, 4.69) is 42.6 Å². The Hall–Kier alpha value is -1.24. The zero-order valence-corrected chi connectivity index (χ0v) is 9.09. The summed E-state index contributed by atoms with van der Waals surface area (Å²) in [4.78, 5) is 0. The van der Waals surface area contributed by atoms with Crippen LogP contribution in [0.2, 0.25) is 0 Å². The number of hydrogen-bond acceptors (Lipinski definition) is 1. The average molecular weight is 189 g/mol. The van der Waals surface area contributed by atoms with Crippen molar-refractivity contribution in [3.63, 3.8) is 0 Å². The van der Waals surface area contributed by atoms with E-state index < -0.39 is 0 Å². The van der Waals surface area contributed by atoms with Crippen LogP contribution in [-0.4, -0.2) is 7.05 Å². The summed E-state index contributed by atoms with van der Waals surface area (Å²) < 4.78 is 0. The molecule has 0 aromatic heterocycles. The molecule has 0 aliphatic heterocycles. The molecule has 0 saturated carbocycles. The van der Waals surface area contributed by atoms with Crippen molar-refractivity contribution in [1.29, 1.82) is 0 Å². The Kier molecular flexibility index (Phi) is 4.84. The molecule has 0 radical (unpaired) electrons. The zero-order valence-electron chi connectivity index (χ0n) is 9.09. The molecule has 1 N–H and O–H groups in total. The number of nitrogens with one attached hydrogen (secondary N) is 1. The zero-order chi connectivity index (χ0) is 10.2. The molecule has 0 spiro atoms. The van der Waals surface area contributed by atoms with Crippen LogP contribution in [0.4, 0.5) is 0 Å². The maximum atomic E-state index is 2.99. The normalized spacial score (nSPS) is 17.3. The third kappa shape index (κ3) is 3.25. The first-order valence-corrected chi connectivity index (χ1v) is 5.28. The lowest BCUT2D eigenvalue weighted by atomic mass is 9.97. The molecule has 1 aliphatic carbocycles. The molecule has 1 heteroatoms. The van der Waals surface area contributed by atoms with Crippen LogP contribution in [0, 0.1) is 0 Å². The van der Waals surface area contributed by atoms with Crippen LogP contribution >= 0.6 is 0 Å². The Morgan fingerprint density at radius 2 is 2.36 bits per heavy atom. The van der Waals surface area contributed by atoms with Crippen molar-refractivity contribution in [2.45, 2.75) is 26.2 Å². The van der Waals surface area contributed by atoms with Crippen molar-refractivity contribution in [3.05, 3.63) is 47.7 Å². The maximum Gasteiger partial charge on any atom is 0.00277 e. The van der Waals surface area contributed by atoms with Gasteiger partial charge in [-0.25, -0.2) is 0 Å². The van der Waals surface area contributed by atoms with Gasteiger partial charge >= 0.3 is 0 Å². The van der Waals surface area contributed by atoms with Gasteiger partial charge in [0.15, 0.2) is 0 Å². The minimum absolute atomic E-state index is 1.09. The van der Waals surface area contributed by atoms with E-state index in [0.717, 1.165) is 6.42 Å². The maximum absolute atomic E-state index is 2.99. The van der Waals surface area contributed by atoms with Crippen molar-refractivity contribution in [1.82, 2.24) is 5.32 Å². The first kappa shape index (κ1) is 10.8. The summed E-state index contributed by atoms with van der Waals surface area (Å²) in [6, 6.07) is 0. The van der Waals surface area contributed by atoms with Crippen LogP contribution in [0.25, 0.3) is 0 Å². The lowest BCUT2D eigenvalue weighted by molar-refractivity contribution is 1.00. The van der Waals surface area contributed by atoms with E-state index >= 15 is 0 Å². The summed E-state index contributed by atoms with van der Waals surface area (Å²) in [6.07, 6.45) is 16.4. The minimum Gasteiger partial charge on any atom is -0.394 e. The topological polar surface area (TPSA) is 12.0 Å². The summed E-state index contributed by atoms with van der Waals surface area (Å²) in [5.41, 5.74) is 2.80. The smallest absolute Gasteiger partial charge is 0.00277 e. The van der Waals surface area contributed by atoms with Gasteiger partial charge in [0.25, 0.3) is 0 Å². The van der Waals surface area contributed by atoms with Gasteiger partial charge in [-0.05, 0) is 42.7 Å². The summed E-state index contributed by atoms with van der Waals surface area (Å²) in [6.45, 7) is 2.20. The largest absolute Gasteiger partial charge is 0.394 e. The molecule has 1 aliphatic rings. The summed E-state index contributed by atoms with van der Waals surface area (Å²) >= 11 is 0. The van der Waals surface area contributed by atoms with Gasteiger partial charge in [0.2, 0.25) is 0 Å². The van der Waals surface area contributed by atoms with Crippen molar-refractivity contribution in [2.75, 3.05) is 7.05 Å². The third-order valence-electron chi connectivity index (χ3n) is 2.31. The van der Waals surface area contributed by atoms with Crippen LogP contribution in [0.5, 0.6) is 0 Å². The predicted molar refractivity (Wildman–Crippen MR) is 63.0 cm³/mol. The molecular weight excluding hydrogens is 170 g/mol. The Bertz CT molecular complexity index is 280. The highest BCUT2D eigenvalue weighted by Gasteiger charge is 2.00. The van der Waals surface area contributed by atoms with Crippen molar-refractivity contribution in [3.8, 4) is 0 Å². The quantitative estimate of drug-likeness (QED) is 0.669. The summed E-state index contributed by atoms with van der Waals surface area (Å²) in [5, 5.41) is 2.99. The van der Waals surface area contributed by atoms with Crippen LogP contribution in [0.1, 0.15) is 26.2 Å². The second-order valence-electron chi connectivity index (χ2n) is 3.33. The van der Waals surface area contributed by atoms with E-state index in [-0.39, 0.29) is 0 Å². The van der Waals surface area contributed by atoms with E-state index in [0.29, 0.717) is 0 Å². The van der Waals surface area contributed by atoms with Crippen LogP contribution in [-0.2, 0) is 0 Å². The second kappa shape index (κ2) is 6.25. The molecule has 1 nitrogen and oxygen atoms in total. The van der Waals surface area contributed by atoms with E-state index in [1.54, 1.807) is 0 Å². The second-order valence-corrected chi connectivity index (χ2v) is 3.33. The van der Waals surface area contributed by atoms with Gasteiger partial charge in [-0.2, -0.15) is 0 Å². The third-order valence-corrected chi connectivity index (χ3v) is 2.31. The monoisotopic (exact) mass is 189 g/mol. The lowest BCUT2D eigenvalue weighted by Crippen LogP contribution is -1.92. The minimum atomic E-state index is 1.09. The molecule has 0 aromatic rings. The fraction of sp³-hybridized carbons (Fsp3) is 0.385. The predicted octanol–water partition coefficient (Wildman–Crippen LogP) is 3.33. The number of allylic oxidation sites excluding steroid dienone is 7. The van der Waals surface area contributed by atoms with Gasteiger partial charge in [-0.3, -0.25) is 0 Å². The highest BCUT2D eigenvalue weighted by Crippen LogP contribution is 2.20. The molecule has 0 aromatic carbocycles. The van der Waals surface area contributed by atoms with E-state index in [9.17, 15) is 0 Å². The molecule has 0 heterocycles. The number of rotatable bonds is 4. The van der Waals surface area contributed by atoms with Crippen LogP contribution < -0.4 is 5.32 Å². The molecule has 0 amide bonds. The number of hydrogen-bond donors (Lipinski definition) is 1. The van der Waals surface area contributed by atoms with Crippen molar-refractivity contribution < 1.29 is 0 Å². The molecule has 0 atom stereocenters. The molecule has 0 fully saturated rings. The van der Waals surface area contributed by atoms with Gasteiger partial charge in [-0.15, -0.1) is 0 Å². The SMILES string of the molecule is CC/C(=C\C=C\NC)C1=CCCC=C1. The Balaban J connectivity index is 2.70. The first-order chi connectivity index (χ1) is 6.88. The summed E-state index contributed by atoms with van der Waals surface area (Å²) in [7, 11) is 1.91. The molecule has 14 heavy (non-hydrogen) atoms. The summed E-state index contributed by atoms with van der Waals surface area (Å²) in [5.74, 6) is 0. The highest BCUT2D eigenvalue weighted by atomic mass is 14.8. The molecular formula is C13H19N. The van der Waals surface area contributed by atoms with Crippen molar-refractivity contribution >= 4 is 0 Å². The highest BCUT2D eigenvalue weighted by molar-refractivity contribution is 5.42. The van der Waals surface area contributed by atoms with Gasteiger partial charge in [0.1, 0.15) is 0 Å². The molecule has 1 rings (SSSR count). The van der Waals surface area contributed by atoms with Crippen molar-refractivity contribution in [2.24, 2.45) is 0 Å². The van der Waals surface area contributed by atoms with Gasteiger partial charge in [-0.1, -0.05) is 31.2 Å². The molecule has 76 valence electrons. The van der Waals surface area contributed by atoms with Gasteiger partial charge in [0, 0.05) is 7.05 Å². The van der Waals surface area contributed by atoms with E-state index in [4.69, 9.17) is 0 Å². The van der Waals surface area contributed by atoms with Crippen LogP contribution in [0.15, 0.2) is 47.7 Å². The molecule has 0 saturated heterocycles. The molecule has 0 bridgehead atoms. The lowest BCUT2D eigenvalue weighted by Gasteiger charge is -2.08. The van der Waals surface area contributed by atoms with E-state index in [1.165, 1.54) is 24.0 Å². The van der Waals surface area contributed by atoms with E-state index in [1.807, 2.05) is 13.2 Å². The van der Waals surface area contributed by atoms with Gasteiger partial charge < -0.3 is 5.32 Å². The van der Waals surface area contributed by atoms with Gasteiger partial charge in [0.05, 0.1) is 0 Å². The standard InChI is InChI=1S/C13H19N/c1-3-12(10-7-11-14-2)13-8-5-4-6-9-13/h5,7-11,14H,3-4,6H2,1-2H3/b11-7+,12-10+. The van der Waals surface area contributed by atoms with Crippen LogP contribution in [0.3, 0.4) is 0 Å². The Morgan fingerprint density at radius 3 is 2.93 bits per heavy atom.